The Hall–Kier alpha value is -3.03. The number of benzene rings is 2. The number of aliphatic hydroxyl groups excluding tert-OH is 1. The fourth-order valence-electron chi connectivity index (χ4n) is 5.24. The van der Waals surface area contributed by atoms with E-state index in [1.807, 2.05) is 32.0 Å². The molecule has 3 aromatic rings. The fourth-order valence-corrected chi connectivity index (χ4v) is 6.53. The SMILES string of the molecule is C=C(O)C1(c2ccc(N3CCC(c4snc(C)c4NC(=O)O[C@H](C)c4ccccc4Cl)CC3)cc2)CC1. The number of nitrogens with zero attached hydrogens (tertiary/aromatic N) is 2. The van der Waals surface area contributed by atoms with Gasteiger partial charge in [-0.25, -0.2) is 4.79 Å². The Bertz CT molecular complexity index is 1290. The van der Waals surface area contributed by atoms with Crippen LogP contribution < -0.4 is 10.2 Å². The molecule has 0 spiro atoms. The third kappa shape index (κ3) is 5.20. The van der Waals surface area contributed by atoms with Gasteiger partial charge < -0.3 is 14.7 Å². The van der Waals surface area contributed by atoms with Crippen LogP contribution in [0.15, 0.2) is 60.9 Å². The molecule has 37 heavy (non-hydrogen) atoms. The highest BCUT2D eigenvalue weighted by atomic mass is 35.5. The summed E-state index contributed by atoms with van der Waals surface area (Å²) in [6, 6.07) is 15.9. The summed E-state index contributed by atoms with van der Waals surface area (Å²) in [5.41, 5.74) is 4.45. The van der Waals surface area contributed by atoms with E-state index < -0.39 is 12.2 Å². The van der Waals surface area contributed by atoms with Gasteiger partial charge in [-0.3, -0.25) is 5.32 Å². The van der Waals surface area contributed by atoms with Crippen LogP contribution in [0.1, 0.15) is 66.3 Å². The highest BCUT2D eigenvalue weighted by Crippen LogP contribution is 2.52. The number of piperidine rings is 1. The number of allylic oxidation sites excluding steroid dienone is 1. The van der Waals surface area contributed by atoms with Gasteiger partial charge in [0.1, 0.15) is 6.10 Å². The number of ether oxygens (including phenoxy) is 1. The molecule has 2 aromatic carbocycles. The zero-order valence-corrected chi connectivity index (χ0v) is 22.7. The lowest BCUT2D eigenvalue weighted by Crippen LogP contribution is -2.33. The van der Waals surface area contributed by atoms with Gasteiger partial charge in [-0.2, -0.15) is 4.37 Å². The number of hydrogen-bond donors (Lipinski definition) is 2. The second kappa shape index (κ2) is 10.4. The molecule has 194 valence electrons. The van der Waals surface area contributed by atoms with Gasteiger partial charge in [0.2, 0.25) is 0 Å². The number of carbonyl (C=O) groups excluding carboxylic acids is 1. The number of halogens is 1. The minimum Gasteiger partial charge on any atom is -0.512 e. The van der Waals surface area contributed by atoms with Gasteiger partial charge in [-0.1, -0.05) is 48.5 Å². The summed E-state index contributed by atoms with van der Waals surface area (Å²) >= 11 is 7.72. The summed E-state index contributed by atoms with van der Waals surface area (Å²) < 4.78 is 10.2. The predicted octanol–water partition coefficient (Wildman–Crippen LogP) is 7.90. The van der Waals surface area contributed by atoms with E-state index in [4.69, 9.17) is 16.3 Å². The lowest BCUT2D eigenvalue weighted by atomic mass is 9.92. The Balaban J connectivity index is 1.20. The van der Waals surface area contributed by atoms with E-state index in [-0.39, 0.29) is 11.2 Å². The summed E-state index contributed by atoms with van der Waals surface area (Å²) in [6.07, 6.45) is 2.90. The Morgan fingerprint density at radius 3 is 2.51 bits per heavy atom. The van der Waals surface area contributed by atoms with Crippen molar-refractivity contribution in [2.45, 2.75) is 57.0 Å². The van der Waals surface area contributed by atoms with Crippen LogP contribution >= 0.6 is 23.1 Å². The zero-order valence-electron chi connectivity index (χ0n) is 21.2. The first-order valence-corrected chi connectivity index (χ1v) is 13.9. The molecule has 1 atom stereocenters. The number of carbonyl (C=O) groups is 1. The maximum atomic E-state index is 12.7. The van der Waals surface area contributed by atoms with Crippen LogP contribution in [-0.2, 0) is 10.2 Å². The number of aliphatic hydroxyl groups is 1. The van der Waals surface area contributed by atoms with E-state index >= 15 is 0 Å². The molecule has 0 bridgehead atoms. The molecule has 1 saturated heterocycles. The number of hydrogen-bond acceptors (Lipinski definition) is 6. The van der Waals surface area contributed by atoms with E-state index in [2.05, 4.69) is 45.4 Å². The van der Waals surface area contributed by atoms with Crippen molar-refractivity contribution in [1.82, 2.24) is 4.37 Å². The van der Waals surface area contributed by atoms with Crippen LogP contribution in [0.5, 0.6) is 0 Å². The van der Waals surface area contributed by atoms with Gasteiger partial charge in [-0.15, -0.1) is 0 Å². The van der Waals surface area contributed by atoms with Gasteiger partial charge in [0.05, 0.1) is 27.4 Å². The molecule has 0 unspecified atom stereocenters. The molecule has 1 amide bonds. The molecule has 1 saturated carbocycles. The van der Waals surface area contributed by atoms with Gasteiger partial charge >= 0.3 is 6.09 Å². The van der Waals surface area contributed by atoms with Crippen molar-refractivity contribution in [3.05, 3.63) is 87.6 Å². The van der Waals surface area contributed by atoms with Gasteiger partial charge in [0.15, 0.2) is 0 Å². The van der Waals surface area contributed by atoms with Crippen LogP contribution in [-0.4, -0.2) is 28.7 Å². The number of aromatic nitrogens is 1. The van der Waals surface area contributed by atoms with Crippen molar-refractivity contribution in [3.8, 4) is 0 Å². The van der Waals surface area contributed by atoms with Gasteiger partial charge in [0, 0.05) is 35.3 Å². The predicted molar refractivity (Wildman–Crippen MR) is 150 cm³/mol. The van der Waals surface area contributed by atoms with Crippen LogP contribution in [0.25, 0.3) is 0 Å². The van der Waals surface area contributed by atoms with E-state index in [1.54, 1.807) is 6.07 Å². The van der Waals surface area contributed by atoms with Gasteiger partial charge in [0.25, 0.3) is 0 Å². The molecule has 2 heterocycles. The molecule has 0 radical (unpaired) electrons. The van der Waals surface area contributed by atoms with E-state index in [0.717, 1.165) is 66.2 Å². The number of rotatable bonds is 7. The zero-order chi connectivity index (χ0) is 26.2. The third-order valence-electron chi connectivity index (χ3n) is 7.70. The maximum absolute atomic E-state index is 12.7. The summed E-state index contributed by atoms with van der Waals surface area (Å²) in [7, 11) is 0. The first-order chi connectivity index (χ1) is 17.8. The molecule has 1 aliphatic carbocycles. The maximum Gasteiger partial charge on any atom is 0.412 e. The topological polar surface area (TPSA) is 74.7 Å². The average Bonchev–Trinajstić information content (AvgIpc) is 3.64. The number of aryl methyl sites for hydroxylation is 1. The summed E-state index contributed by atoms with van der Waals surface area (Å²) in [5, 5.41) is 13.5. The minimum atomic E-state index is -0.506. The van der Waals surface area contributed by atoms with E-state index in [0.29, 0.717) is 10.9 Å². The Labute approximate surface area is 227 Å². The van der Waals surface area contributed by atoms with Gasteiger partial charge in [-0.05, 0) is 74.8 Å². The second-order valence-corrected chi connectivity index (χ2v) is 11.3. The van der Waals surface area contributed by atoms with Crippen molar-refractivity contribution in [1.29, 1.82) is 0 Å². The second-order valence-electron chi connectivity index (χ2n) is 10.0. The third-order valence-corrected chi connectivity index (χ3v) is 9.14. The Morgan fingerprint density at radius 1 is 1.22 bits per heavy atom. The van der Waals surface area contributed by atoms with Crippen LogP contribution in [0.3, 0.4) is 0 Å². The first-order valence-electron chi connectivity index (χ1n) is 12.7. The molecule has 8 heteroatoms. The molecule has 2 fully saturated rings. The summed E-state index contributed by atoms with van der Waals surface area (Å²) in [5.74, 6) is 0.595. The number of nitrogens with one attached hydrogen (secondary N) is 1. The van der Waals surface area contributed by atoms with Crippen LogP contribution in [0.4, 0.5) is 16.2 Å². The van der Waals surface area contributed by atoms with Crippen molar-refractivity contribution in [2.24, 2.45) is 0 Å². The van der Waals surface area contributed by atoms with Crippen LogP contribution in [0.2, 0.25) is 5.02 Å². The van der Waals surface area contributed by atoms with Crippen molar-refractivity contribution < 1.29 is 14.6 Å². The average molecular weight is 538 g/mol. The molecule has 1 aliphatic heterocycles. The molecular weight excluding hydrogens is 506 g/mol. The van der Waals surface area contributed by atoms with Crippen LogP contribution in [0, 0.1) is 6.92 Å². The fraction of sp³-hybridized carbons (Fsp3) is 0.379. The molecule has 1 aromatic heterocycles. The minimum absolute atomic E-state index is 0.231. The van der Waals surface area contributed by atoms with Crippen molar-refractivity contribution >= 4 is 40.6 Å². The highest BCUT2D eigenvalue weighted by Gasteiger charge is 2.47. The van der Waals surface area contributed by atoms with E-state index in [9.17, 15) is 9.90 Å². The lowest BCUT2D eigenvalue weighted by molar-refractivity contribution is 0.121. The smallest absolute Gasteiger partial charge is 0.412 e. The largest absolute Gasteiger partial charge is 0.512 e. The van der Waals surface area contributed by atoms with Crippen molar-refractivity contribution in [3.63, 3.8) is 0 Å². The standard InChI is InChI=1S/C29H32ClN3O3S/c1-18-26(31-28(35)36-19(2)24-6-4-5-7-25(24)30)27(37-32-18)21-12-16-33(17-13-21)23-10-8-22(9-11-23)29(14-15-29)20(3)34/h4-11,19,21,34H,3,12-17H2,1-2H3,(H,31,35)/t19-/m1/s1. The first kappa shape index (κ1) is 25.6. The summed E-state index contributed by atoms with van der Waals surface area (Å²) in [4.78, 5) is 16.2. The monoisotopic (exact) mass is 537 g/mol. The normalized spacial score (nSPS) is 17.8. The Kier molecular flexibility index (Phi) is 7.19. The molecule has 2 N–H and O–H groups in total. The molecular formula is C29H32ClN3O3S. The highest BCUT2D eigenvalue weighted by molar-refractivity contribution is 7.06. The quantitative estimate of drug-likeness (QED) is 0.299. The molecule has 6 nitrogen and oxygen atoms in total. The summed E-state index contributed by atoms with van der Waals surface area (Å²) in [6.45, 7) is 9.35. The number of amides is 1. The molecule has 2 aliphatic rings. The Morgan fingerprint density at radius 2 is 1.89 bits per heavy atom. The molecule has 5 rings (SSSR count). The lowest BCUT2D eigenvalue weighted by Gasteiger charge is -2.33. The number of anilines is 2. The van der Waals surface area contributed by atoms with E-state index in [1.165, 1.54) is 17.2 Å². The van der Waals surface area contributed by atoms with Crippen molar-refractivity contribution in [2.75, 3.05) is 23.3 Å².